The molecule has 2 aromatic carbocycles. The second-order valence-electron chi connectivity index (χ2n) is 10.9. The lowest BCUT2D eigenvalue weighted by atomic mass is 10.1. The van der Waals surface area contributed by atoms with Crippen molar-refractivity contribution in [2.45, 2.75) is 18.9 Å². The molecule has 12 heteroatoms. The van der Waals surface area contributed by atoms with Crippen molar-refractivity contribution in [2.75, 3.05) is 52.9 Å². The largest absolute Gasteiger partial charge is 0.489 e. The maximum atomic E-state index is 12.9. The third-order valence-corrected chi connectivity index (χ3v) is 8.08. The number of H-pyrrole nitrogens is 1. The number of nitriles is 1. The Kier molecular flexibility index (Phi) is 8.00. The van der Waals surface area contributed by atoms with Gasteiger partial charge in [-0.05, 0) is 37.4 Å². The lowest BCUT2D eigenvalue weighted by molar-refractivity contribution is -0.135. The van der Waals surface area contributed by atoms with Crippen molar-refractivity contribution < 1.29 is 19.4 Å². The third kappa shape index (κ3) is 5.90. The zero-order valence-electron chi connectivity index (χ0n) is 23.9. The molecule has 2 N–H and O–H groups in total. The standard InChI is InChI=1S/C31H32N8O4/c1-37-12-14-39(15-13-37)31(42)21-4-2-20(3-5-21)29-35-28-27(33-19-34-30(28)36-29)22-6-7-25(23(16-22)17-32)43-24-8-10-38(11-9-24)26(41)18-40/h2-7,16,19,24,40H,8-15,18H2,1H3,(H,33,34,35,36). The van der Waals surface area contributed by atoms with Gasteiger partial charge in [0.2, 0.25) is 5.91 Å². The number of likely N-dealkylation sites (N-methyl/N-ethyl adjacent to an activating group) is 1. The molecule has 0 atom stereocenters. The number of imidazole rings is 1. The second kappa shape index (κ2) is 12.2. The van der Waals surface area contributed by atoms with Crippen LogP contribution in [0.15, 0.2) is 48.8 Å². The number of fused-ring (bicyclic) bond motifs is 1. The van der Waals surface area contributed by atoms with Crippen molar-refractivity contribution in [2.24, 2.45) is 0 Å². The van der Waals surface area contributed by atoms with Crippen LogP contribution in [-0.2, 0) is 4.79 Å². The molecule has 0 saturated carbocycles. The van der Waals surface area contributed by atoms with E-state index in [1.165, 1.54) is 6.33 Å². The molecule has 0 unspecified atom stereocenters. The molecule has 4 aromatic rings. The molecule has 12 nitrogen and oxygen atoms in total. The van der Waals surface area contributed by atoms with Crippen molar-refractivity contribution >= 4 is 23.0 Å². The predicted octanol–water partition coefficient (Wildman–Crippen LogP) is 2.31. The van der Waals surface area contributed by atoms with E-state index in [9.17, 15) is 14.9 Å². The molecule has 0 bridgehead atoms. The SMILES string of the molecule is CN1CCN(C(=O)c2ccc(-c3nc4c(-c5ccc(OC6CCN(C(=O)CO)CC6)c(C#N)c5)ncnc4[nH]3)cc2)CC1. The monoisotopic (exact) mass is 580 g/mol. The number of hydrogen-bond acceptors (Lipinski definition) is 9. The molecule has 220 valence electrons. The van der Waals surface area contributed by atoms with E-state index in [1.807, 2.05) is 35.2 Å². The van der Waals surface area contributed by atoms with Crippen LogP contribution in [0.3, 0.4) is 0 Å². The van der Waals surface area contributed by atoms with E-state index >= 15 is 0 Å². The Hall–Kier alpha value is -4.86. The van der Waals surface area contributed by atoms with Gasteiger partial charge in [-0.15, -0.1) is 0 Å². The number of aliphatic hydroxyl groups excluding tert-OH is 1. The van der Waals surface area contributed by atoms with Crippen LogP contribution in [-0.4, -0.2) is 111 Å². The first kappa shape index (κ1) is 28.3. The maximum absolute atomic E-state index is 12.9. The van der Waals surface area contributed by atoms with Gasteiger partial charge < -0.3 is 29.5 Å². The second-order valence-corrected chi connectivity index (χ2v) is 10.9. The minimum atomic E-state index is -0.496. The smallest absolute Gasteiger partial charge is 0.253 e. The average molecular weight is 581 g/mol. The fourth-order valence-electron chi connectivity index (χ4n) is 5.51. The van der Waals surface area contributed by atoms with Gasteiger partial charge in [0, 0.05) is 68.8 Å². The van der Waals surface area contributed by atoms with E-state index in [0.717, 1.165) is 31.7 Å². The molecule has 2 fully saturated rings. The van der Waals surface area contributed by atoms with Crippen LogP contribution in [0.25, 0.3) is 33.8 Å². The van der Waals surface area contributed by atoms with Gasteiger partial charge in [-0.25, -0.2) is 15.0 Å². The van der Waals surface area contributed by atoms with Crippen LogP contribution in [0.2, 0.25) is 0 Å². The van der Waals surface area contributed by atoms with Gasteiger partial charge in [0.1, 0.15) is 47.9 Å². The highest BCUT2D eigenvalue weighted by molar-refractivity contribution is 5.95. The normalized spacial score (nSPS) is 16.3. The summed E-state index contributed by atoms with van der Waals surface area (Å²) in [7, 11) is 2.06. The van der Waals surface area contributed by atoms with Crippen molar-refractivity contribution in [3.8, 4) is 34.5 Å². The number of likely N-dealkylation sites (tertiary alicyclic amines) is 1. The Morgan fingerprint density at radius 2 is 1.72 bits per heavy atom. The first-order valence-corrected chi connectivity index (χ1v) is 14.3. The third-order valence-electron chi connectivity index (χ3n) is 8.08. The van der Waals surface area contributed by atoms with Crippen molar-refractivity contribution in [3.05, 3.63) is 59.9 Å². The van der Waals surface area contributed by atoms with Gasteiger partial charge in [-0.2, -0.15) is 5.26 Å². The van der Waals surface area contributed by atoms with Crippen LogP contribution < -0.4 is 4.74 Å². The Balaban J connectivity index is 1.20. The van der Waals surface area contributed by atoms with Crippen molar-refractivity contribution in [1.82, 2.24) is 34.6 Å². The zero-order chi connectivity index (χ0) is 29.9. The van der Waals surface area contributed by atoms with Crippen LogP contribution in [0.1, 0.15) is 28.8 Å². The maximum Gasteiger partial charge on any atom is 0.253 e. The Morgan fingerprint density at radius 3 is 2.42 bits per heavy atom. The van der Waals surface area contributed by atoms with Gasteiger partial charge in [-0.1, -0.05) is 12.1 Å². The van der Waals surface area contributed by atoms with E-state index in [2.05, 4.69) is 33.0 Å². The topological polar surface area (TPSA) is 152 Å². The number of benzene rings is 2. The first-order chi connectivity index (χ1) is 20.9. The van der Waals surface area contributed by atoms with E-state index in [0.29, 0.717) is 71.1 Å². The zero-order valence-corrected chi connectivity index (χ0v) is 23.9. The van der Waals surface area contributed by atoms with Gasteiger partial charge in [-0.3, -0.25) is 9.59 Å². The number of rotatable bonds is 6. The molecule has 2 aliphatic rings. The summed E-state index contributed by atoms with van der Waals surface area (Å²) in [5.41, 5.74) is 4.22. The van der Waals surface area contributed by atoms with Crippen molar-refractivity contribution in [1.29, 1.82) is 5.26 Å². The summed E-state index contributed by atoms with van der Waals surface area (Å²) in [4.78, 5) is 47.3. The molecular formula is C31H32N8O4. The molecule has 2 saturated heterocycles. The molecule has 43 heavy (non-hydrogen) atoms. The predicted molar refractivity (Wildman–Crippen MR) is 158 cm³/mol. The van der Waals surface area contributed by atoms with E-state index in [-0.39, 0.29) is 17.9 Å². The number of nitrogens with zero attached hydrogens (tertiary/aromatic N) is 7. The van der Waals surface area contributed by atoms with Crippen LogP contribution in [0.4, 0.5) is 0 Å². The number of aliphatic hydroxyl groups is 1. The number of carbonyl (C=O) groups excluding carboxylic acids is 2. The lowest BCUT2D eigenvalue weighted by Gasteiger charge is -2.32. The molecule has 2 aliphatic heterocycles. The Morgan fingerprint density at radius 1 is 1.00 bits per heavy atom. The number of amides is 2. The summed E-state index contributed by atoms with van der Waals surface area (Å²) in [5.74, 6) is 0.811. The fourth-order valence-corrected chi connectivity index (χ4v) is 5.51. The number of aromatic amines is 1. The molecule has 4 heterocycles. The fraction of sp³-hybridized carbons (Fsp3) is 0.355. The highest BCUT2D eigenvalue weighted by Gasteiger charge is 2.25. The summed E-state index contributed by atoms with van der Waals surface area (Å²) in [6, 6.07) is 14.9. The van der Waals surface area contributed by atoms with E-state index in [4.69, 9.17) is 14.8 Å². The quantitative estimate of drug-likeness (QED) is 0.350. The molecule has 0 radical (unpaired) electrons. The first-order valence-electron chi connectivity index (χ1n) is 14.3. The summed E-state index contributed by atoms with van der Waals surface area (Å²) < 4.78 is 6.14. The molecule has 6 rings (SSSR count). The van der Waals surface area contributed by atoms with E-state index in [1.54, 1.807) is 17.0 Å². The van der Waals surface area contributed by atoms with Crippen LogP contribution in [0.5, 0.6) is 5.75 Å². The number of carbonyl (C=O) groups is 2. The number of aromatic nitrogens is 4. The number of nitrogens with one attached hydrogen (secondary N) is 1. The van der Waals surface area contributed by atoms with Crippen molar-refractivity contribution in [3.63, 3.8) is 0 Å². The molecule has 0 spiro atoms. The minimum Gasteiger partial charge on any atom is -0.489 e. The number of hydrogen-bond donors (Lipinski definition) is 2. The van der Waals surface area contributed by atoms with Crippen LogP contribution in [0, 0.1) is 11.3 Å². The highest BCUT2D eigenvalue weighted by atomic mass is 16.5. The number of ether oxygens (including phenoxy) is 1. The highest BCUT2D eigenvalue weighted by Crippen LogP contribution is 2.31. The van der Waals surface area contributed by atoms with Crippen LogP contribution >= 0.6 is 0 Å². The average Bonchev–Trinajstić information content (AvgIpc) is 3.50. The van der Waals surface area contributed by atoms with Gasteiger partial charge in [0.25, 0.3) is 5.91 Å². The minimum absolute atomic E-state index is 0.0281. The van der Waals surface area contributed by atoms with Gasteiger partial charge in [0.05, 0.1) is 5.56 Å². The molecular weight excluding hydrogens is 548 g/mol. The number of piperidine rings is 1. The van der Waals surface area contributed by atoms with Gasteiger partial charge >= 0.3 is 0 Å². The summed E-state index contributed by atoms with van der Waals surface area (Å²) >= 11 is 0. The summed E-state index contributed by atoms with van der Waals surface area (Å²) in [6.45, 7) is 3.67. The summed E-state index contributed by atoms with van der Waals surface area (Å²) in [6.07, 6.45) is 2.55. The van der Waals surface area contributed by atoms with Gasteiger partial charge in [0.15, 0.2) is 5.65 Å². The molecule has 2 amide bonds. The van der Waals surface area contributed by atoms with E-state index < -0.39 is 6.61 Å². The molecule has 2 aromatic heterocycles. The summed E-state index contributed by atoms with van der Waals surface area (Å²) in [5, 5.41) is 19.0. The lowest BCUT2D eigenvalue weighted by Crippen LogP contribution is -2.47. The Bertz CT molecular complexity index is 1680. The molecule has 0 aliphatic carbocycles. The number of piperazine rings is 1. The Labute approximate surface area is 248 Å².